The third-order valence-electron chi connectivity index (χ3n) is 5.92. The Labute approximate surface area is 190 Å². The summed E-state index contributed by atoms with van der Waals surface area (Å²) in [6.45, 7) is 10.1. The number of amides is 1. The largest absolute Gasteiger partial charge is 0.492 e. The van der Waals surface area contributed by atoms with Crippen molar-refractivity contribution >= 4 is 25.6 Å². The third-order valence-corrected chi connectivity index (χ3v) is 5.92. The van der Waals surface area contributed by atoms with E-state index < -0.39 is 24.4 Å². The van der Waals surface area contributed by atoms with Crippen LogP contribution in [0.1, 0.15) is 54.7 Å². The van der Waals surface area contributed by atoms with Crippen LogP contribution in [0.25, 0.3) is 6.08 Å². The molecule has 6 nitrogen and oxygen atoms in total. The zero-order valence-electron chi connectivity index (χ0n) is 19.3. The van der Waals surface area contributed by atoms with Gasteiger partial charge in [0, 0.05) is 12.1 Å². The van der Waals surface area contributed by atoms with Crippen molar-refractivity contribution in [2.24, 2.45) is 0 Å². The lowest BCUT2D eigenvalue weighted by molar-refractivity contribution is 0.00578. The summed E-state index contributed by atoms with van der Waals surface area (Å²) in [6.07, 6.45) is 2.11. The monoisotopic (exact) mass is 435 g/mol. The van der Waals surface area contributed by atoms with E-state index in [2.05, 4.69) is 5.32 Å². The van der Waals surface area contributed by atoms with Crippen LogP contribution >= 0.6 is 0 Å². The lowest BCUT2D eigenvalue weighted by atomic mass is 9.76. The Bertz CT molecular complexity index is 985. The summed E-state index contributed by atoms with van der Waals surface area (Å²) in [5.74, 6) is 0. The molecule has 0 aromatic heterocycles. The lowest BCUT2D eigenvalue weighted by Crippen LogP contribution is -2.41. The van der Waals surface area contributed by atoms with Gasteiger partial charge in [-0.05, 0) is 57.3 Å². The number of aldehydes is 1. The van der Waals surface area contributed by atoms with Crippen LogP contribution < -0.4 is 5.32 Å². The molecule has 0 saturated carbocycles. The van der Waals surface area contributed by atoms with E-state index in [4.69, 9.17) is 14.0 Å². The van der Waals surface area contributed by atoms with E-state index in [0.29, 0.717) is 11.0 Å². The average Bonchev–Trinajstić information content (AvgIpc) is 2.97. The van der Waals surface area contributed by atoms with E-state index in [1.54, 1.807) is 0 Å². The zero-order chi connectivity index (χ0) is 23.4. The summed E-state index contributed by atoms with van der Waals surface area (Å²) in [6, 6.07) is 15.1. The predicted molar refractivity (Wildman–Crippen MR) is 125 cm³/mol. The highest BCUT2D eigenvalue weighted by atomic mass is 16.7. The number of carbonyl (C=O) groups is 2. The maximum absolute atomic E-state index is 12.3. The summed E-state index contributed by atoms with van der Waals surface area (Å²) < 4.78 is 17.7. The molecular formula is C25H30BNO5. The molecule has 1 amide bonds. The van der Waals surface area contributed by atoms with Crippen molar-refractivity contribution in [1.29, 1.82) is 0 Å². The van der Waals surface area contributed by atoms with Crippen LogP contribution in [-0.4, -0.2) is 37.2 Å². The quantitative estimate of drug-likeness (QED) is 0.502. The second-order valence-electron chi connectivity index (χ2n) is 8.97. The molecule has 1 saturated heterocycles. The zero-order valence-corrected chi connectivity index (χ0v) is 19.3. The van der Waals surface area contributed by atoms with Crippen LogP contribution in [0, 0.1) is 6.92 Å². The Hall–Kier alpha value is -2.90. The van der Waals surface area contributed by atoms with Gasteiger partial charge >= 0.3 is 13.2 Å². The maximum atomic E-state index is 12.3. The fourth-order valence-electron chi connectivity index (χ4n) is 3.27. The lowest BCUT2D eigenvalue weighted by Gasteiger charge is -2.32. The number of ether oxygens (including phenoxy) is 1. The van der Waals surface area contributed by atoms with Gasteiger partial charge in [0.05, 0.1) is 11.2 Å². The molecule has 2 aromatic carbocycles. The summed E-state index contributed by atoms with van der Waals surface area (Å²) >= 11 is 0. The first-order chi connectivity index (χ1) is 15.1. The highest BCUT2D eigenvalue weighted by Crippen LogP contribution is 2.38. The van der Waals surface area contributed by atoms with E-state index in [0.717, 1.165) is 23.0 Å². The standard InChI is InChI=1S/C25H30BNO5/c1-18-11-12-20(21(13-18)16-28)14-22(26-31-24(2,3)25(4,5)32-26)15-27-23(29)30-17-19-9-7-6-8-10-19/h6-14,16H,15,17H2,1-5H3,(H,27,29). The second kappa shape index (κ2) is 9.71. The minimum absolute atomic E-state index is 0.149. The van der Waals surface area contributed by atoms with Gasteiger partial charge in [0.2, 0.25) is 0 Å². The van der Waals surface area contributed by atoms with Gasteiger partial charge in [-0.25, -0.2) is 4.79 Å². The van der Waals surface area contributed by atoms with E-state index >= 15 is 0 Å². The first-order valence-electron chi connectivity index (χ1n) is 10.7. The van der Waals surface area contributed by atoms with Crippen LogP contribution in [0.5, 0.6) is 0 Å². The topological polar surface area (TPSA) is 73.9 Å². The summed E-state index contributed by atoms with van der Waals surface area (Å²) in [5.41, 5.74) is 2.80. The van der Waals surface area contributed by atoms with Gasteiger partial charge < -0.3 is 19.4 Å². The minimum atomic E-state index is -0.671. The van der Waals surface area contributed by atoms with Crippen molar-refractivity contribution in [3.05, 3.63) is 76.3 Å². The molecule has 0 radical (unpaired) electrons. The molecule has 1 N–H and O–H groups in total. The number of hydrogen-bond donors (Lipinski definition) is 1. The molecule has 2 aromatic rings. The Morgan fingerprint density at radius 3 is 2.31 bits per heavy atom. The normalized spacial score (nSPS) is 17.2. The first-order valence-corrected chi connectivity index (χ1v) is 10.7. The predicted octanol–water partition coefficient (Wildman–Crippen LogP) is 4.75. The van der Waals surface area contributed by atoms with E-state index in [1.807, 2.05) is 89.2 Å². The number of hydrogen-bond acceptors (Lipinski definition) is 5. The van der Waals surface area contributed by atoms with Gasteiger partial charge in [0.15, 0.2) is 6.29 Å². The highest BCUT2D eigenvalue weighted by Gasteiger charge is 2.52. The molecule has 7 heteroatoms. The first kappa shape index (κ1) is 23.8. The number of alkyl carbamates (subject to hydrolysis) is 1. The average molecular weight is 435 g/mol. The van der Waals surface area contributed by atoms with Crippen LogP contribution in [0.15, 0.2) is 54.0 Å². The molecule has 0 spiro atoms. The van der Waals surface area contributed by atoms with E-state index in [1.165, 1.54) is 0 Å². The Morgan fingerprint density at radius 2 is 1.69 bits per heavy atom. The van der Waals surface area contributed by atoms with Gasteiger partial charge in [-0.1, -0.05) is 54.1 Å². The fourth-order valence-corrected chi connectivity index (χ4v) is 3.27. The molecule has 0 atom stereocenters. The Balaban J connectivity index is 1.78. The SMILES string of the molecule is Cc1ccc(C=C(CNC(=O)OCc2ccccc2)B2OC(C)(C)C(C)(C)O2)c(C=O)c1. The minimum Gasteiger partial charge on any atom is -0.445 e. The molecule has 1 fully saturated rings. The summed E-state index contributed by atoms with van der Waals surface area (Å²) in [4.78, 5) is 23.9. The van der Waals surface area contributed by atoms with Gasteiger partial charge in [-0.2, -0.15) is 0 Å². The number of nitrogens with one attached hydrogen (secondary N) is 1. The van der Waals surface area contributed by atoms with Crippen molar-refractivity contribution in [2.75, 3.05) is 6.54 Å². The van der Waals surface area contributed by atoms with Crippen molar-refractivity contribution in [3.8, 4) is 0 Å². The van der Waals surface area contributed by atoms with Gasteiger partial charge in [-0.15, -0.1) is 0 Å². The van der Waals surface area contributed by atoms with Gasteiger partial charge in [0.25, 0.3) is 0 Å². The second-order valence-corrected chi connectivity index (χ2v) is 8.97. The number of benzene rings is 2. The molecular weight excluding hydrogens is 405 g/mol. The maximum Gasteiger partial charge on any atom is 0.492 e. The van der Waals surface area contributed by atoms with Crippen LogP contribution in [0.3, 0.4) is 0 Å². The highest BCUT2D eigenvalue weighted by molar-refractivity contribution is 6.56. The van der Waals surface area contributed by atoms with Crippen LogP contribution in [-0.2, 0) is 20.7 Å². The molecule has 32 heavy (non-hydrogen) atoms. The molecule has 1 aliphatic heterocycles. The molecule has 1 heterocycles. The van der Waals surface area contributed by atoms with Crippen molar-refractivity contribution in [2.45, 2.75) is 52.4 Å². The molecule has 168 valence electrons. The Morgan fingerprint density at radius 1 is 1.03 bits per heavy atom. The smallest absolute Gasteiger partial charge is 0.445 e. The number of rotatable bonds is 7. The molecule has 3 rings (SSSR count). The van der Waals surface area contributed by atoms with Gasteiger partial charge in [0.1, 0.15) is 6.61 Å². The number of carbonyl (C=O) groups excluding carboxylic acids is 2. The molecule has 1 aliphatic rings. The molecule has 0 aliphatic carbocycles. The van der Waals surface area contributed by atoms with E-state index in [9.17, 15) is 9.59 Å². The third kappa shape index (κ3) is 5.66. The van der Waals surface area contributed by atoms with Crippen molar-refractivity contribution in [3.63, 3.8) is 0 Å². The fraction of sp³-hybridized carbons (Fsp3) is 0.360. The van der Waals surface area contributed by atoms with Crippen molar-refractivity contribution < 1.29 is 23.6 Å². The number of aryl methyl sites for hydroxylation is 1. The van der Waals surface area contributed by atoms with E-state index in [-0.39, 0.29) is 13.2 Å². The van der Waals surface area contributed by atoms with Crippen LogP contribution in [0.2, 0.25) is 0 Å². The van der Waals surface area contributed by atoms with Crippen LogP contribution in [0.4, 0.5) is 4.79 Å². The summed E-state index contributed by atoms with van der Waals surface area (Å²) in [7, 11) is -0.671. The molecule has 0 unspecified atom stereocenters. The Kier molecular flexibility index (Phi) is 7.21. The summed E-state index contributed by atoms with van der Waals surface area (Å²) in [5, 5.41) is 2.78. The van der Waals surface area contributed by atoms with Crippen molar-refractivity contribution in [1.82, 2.24) is 5.32 Å². The molecule has 0 bridgehead atoms. The van der Waals surface area contributed by atoms with Gasteiger partial charge in [-0.3, -0.25) is 4.79 Å².